The van der Waals surface area contributed by atoms with E-state index in [-0.39, 0.29) is 11.5 Å². The molecule has 0 saturated heterocycles. The second kappa shape index (κ2) is 4.55. The van der Waals surface area contributed by atoms with Crippen molar-refractivity contribution in [2.24, 2.45) is 10.8 Å². The van der Waals surface area contributed by atoms with Crippen LogP contribution in [0.2, 0.25) is 0 Å². The Morgan fingerprint density at radius 2 is 2.28 bits per heavy atom. The minimum atomic E-state index is -0.435. The van der Waals surface area contributed by atoms with Gasteiger partial charge in [0.05, 0.1) is 11.2 Å². The second-order valence-corrected chi connectivity index (χ2v) is 3.46. The van der Waals surface area contributed by atoms with Gasteiger partial charge in [-0.2, -0.15) is 10.4 Å². The number of nitrogens with zero attached hydrogens (tertiary/aromatic N) is 2. The van der Waals surface area contributed by atoms with Crippen molar-refractivity contribution in [2.75, 3.05) is 5.43 Å². The zero-order valence-corrected chi connectivity index (χ0v) is 9.16. The van der Waals surface area contributed by atoms with E-state index in [4.69, 9.17) is 16.4 Å². The summed E-state index contributed by atoms with van der Waals surface area (Å²) >= 11 is 0. The quantitative estimate of drug-likeness (QED) is 0.373. The smallest absolute Gasteiger partial charge is 0.201 e. The number of benzene rings is 1. The molecule has 0 radical (unpaired) electrons. The van der Waals surface area contributed by atoms with Gasteiger partial charge >= 0.3 is 0 Å². The predicted molar refractivity (Wildman–Crippen MR) is 66.8 cm³/mol. The number of H-pyrrole nitrogens is 1. The molecule has 0 aliphatic heterocycles. The fraction of sp³-hybridized carbons (Fsp3) is 0. The molecule has 0 spiro atoms. The molecule has 2 aromatic rings. The molecule has 7 heteroatoms. The summed E-state index contributed by atoms with van der Waals surface area (Å²) in [5, 5.41) is 19.9. The molecule has 6 nitrogen and oxygen atoms in total. The Labute approximate surface area is 101 Å². The van der Waals surface area contributed by atoms with Crippen molar-refractivity contribution in [3.05, 3.63) is 30.2 Å². The molecule has 0 amide bonds. The first kappa shape index (κ1) is 11.6. The number of halogens is 1. The third-order valence-electron chi connectivity index (χ3n) is 2.32. The van der Waals surface area contributed by atoms with E-state index in [0.29, 0.717) is 16.6 Å². The van der Waals surface area contributed by atoms with Crippen LogP contribution in [0.3, 0.4) is 0 Å². The van der Waals surface area contributed by atoms with Gasteiger partial charge in [0.1, 0.15) is 11.9 Å². The highest BCUT2D eigenvalue weighted by atomic mass is 19.1. The zero-order chi connectivity index (χ0) is 13.1. The Kier molecular flexibility index (Phi) is 2.93. The summed E-state index contributed by atoms with van der Waals surface area (Å²) in [6, 6.07) is 6.04. The van der Waals surface area contributed by atoms with Crippen LogP contribution in [0.15, 0.2) is 29.5 Å². The summed E-state index contributed by atoms with van der Waals surface area (Å²) < 4.78 is 13.4. The van der Waals surface area contributed by atoms with Crippen molar-refractivity contribution in [1.29, 1.82) is 10.7 Å². The molecule has 0 bridgehead atoms. The molecule has 90 valence electrons. The van der Waals surface area contributed by atoms with E-state index in [1.54, 1.807) is 18.3 Å². The van der Waals surface area contributed by atoms with Gasteiger partial charge in [0.15, 0.2) is 5.84 Å². The predicted octanol–water partition coefficient (Wildman–Crippen LogP) is 1.53. The molecule has 5 N–H and O–H groups in total. The maximum atomic E-state index is 13.4. The van der Waals surface area contributed by atoms with Gasteiger partial charge in [0.25, 0.3) is 0 Å². The summed E-state index contributed by atoms with van der Waals surface area (Å²) in [5.41, 5.74) is 8.51. The van der Waals surface area contributed by atoms with E-state index >= 15 is 0 Å². The lowest BCUT2D eigenvalue weighted by Crippen LogP contribution is -2.21. The Bertz CT molecular complexity index is 678. The van der Waals surface area contributed by atoms with Gasteiger partial charge in [-0.3, -0.25) is 10.8 Å². The second-order valence-electron chi connectivity index (χ2n) is 3.46. The number of nitriles is 1. The van der Waals surface area contributed by atoms with Crippen LogP contribution in [0.4, 0.5) is 10.1 Å². The molecular weight excluding hydrogens is 235 g/mol. The standard InChI is InChI=1S/C11H9FN6/c12-7-1-2-8(10-6(7)3-4-16-10)17-18-9(5-13)11(14)15/h1-4,16-17H,(H3,14,15)/b18-9+. The topological polar surface area (TPSA) is 114 Å². The van der Waals surface area contributed by atoms with E-state index in [0.717, 1.165) is 0 Å². The van der Waals surface area contributed by atoms with Gasteiger partial charge in [-0.1, -0.05) is 0 Å². The van der Waals surface area contributed by atoms with Crippen molar-refractivity contribution in [1.82, 2.24) is 4.98 Å². The van der Waals surface area contributed by atoms with Crippen LogP contribution in [0.1, 0.15) is 0 Å². The van der Waals surface area contributed by atoms with Crippen LogP contribution >= 0.6 is 0 Å². The first-order valence-electron chi connectivity index (χ1n) is 4.97. The molecule has 0 saturated carbocycles. The van der Waals surface area contributed by atoms with E-state index in [1.165, 1.54) is 12.1 Å². The number of hydrazone groups is 1. The number of rotatable bonds is 3. The van der Waals surface area contributed by atoms with Crippen LogP contribution in [0, 0.1) is 22.6 Å². The lowest BCUT2D eigenvalue weighted by Gasteiger charge is -2.03. The van der Waals surface area contributed by atoms with Gasteiger partial charge in [-0.05, 0) is 18.2 Å². The molecule has 0 aliphatic carbocycles. The maximum Gasteiger partial charge on any atom is 0.201 e. The first-order valence-corrected chi connectivity index (χ1v) is 4.97. The summed E-state index contributed by atoms with van der Waals surface area (Å²) in [5.74, 6) is -0.789. The average Bonchev–Trinajstić information content (AvgIpc) is 2.82. The minimum absolute atomic E-state index is 0.237. The van der Waals surface area contributed by atoms with Gasteiger partial charge in [0, 0.05) is 11.6 Å². The highest BCUT2D eigenvalue weighted by molar-refractivity contribution is 6.45. The SMILES string of the molecule is N#C/C(=N\Nc1ccc(F)c2cc[nH]c12)C(=N)N. The molecule has 2 rings (SSSR count). The lowest BCUT2D eigenvalue weighted by atomic mass is 10.2. The Morgan fingerprint density at radius 3 is 2.94 bits per heavy atom. The largest absolute Gasteiger partial charge is 0.382 e. The number of hydrogen-bond acceptors (Lipinski definition) is 4. The highest BCUT2D eigenvalue weighted by Gasteiger charge is 2.07. The van der Waals surface area contributed by atoms with Crippen molar-refractivity contribution in [2.45, 2.75) is 0 Å². The normalized spacial score (nSPS) is 11.2. The number of amidine groups is 1. The lowest BCUT2D eigenvalue weighted by molar-refractivity contribution is 0.640. The Morgan fingerprint density at radius 1 is 1.50 bits per heavy atom. The number of anilines is 1. The number of aromatic amines is 1. The first-order chi connectivity index (χ1) is 8.63. The van der Waals surface area contributed by atoms with E-state index in [9.17, 15) is 4.39 Å². The highest BCUT2D eigenvalue weighted by Crippen LogP contribution is 2.24. The van der Waals surface area contributed by atoms with Crippen LogP contribution < -0.4 is 11.2 Å². The fourth-order valence-electron chi connectivity index (χ4n) is 1.48. The van der Waals surface area contributed by atoms with Gasteiger partial charge in [0.2, 0.25) is 5.71 Å². The summed E-state index contributed by atoms with van der Waals surface area (Å²) in [7, 11) is 0. The van der Waals surface area contributed by atoms with E-state index in [2.05, 4.69) is 15.5 Å². The summed E-state index contributed by atoms with van der Waals surface area (Å²) in [4.78, 5) is 2.86. The number of aromatic nitrogens is 1. The molecule has 1 aromatic heterocycles. The average molecular weight is 244 g/mol. The number of fused-ring (bicyclic) bond motifs is 1. The molecule has 0 fully saturated rings. The van der Waals surface area contributed by atoms with Crippen LogP contribution in [0.5, 0.6) is 0 Å². The third kappa shape index (κ3) is 1.99. The Balaban J connectivity index is 2.39. The number of nitrogens with one attached hydrogen (secondary N) is 3. The van der Waals surface area contributed by atoms with Gasteiger partial charge in [-0.15, -0.1) is 0 Å². The fourth-order valence-corrected chi connectivity index (χ4v) is 1.48. The molecule has 1 aromatic carbocycles. The van der Waals surface area contributed by atoms with Gasteiger partial charge in [-0.25, -0.2) is 4.39 Å². The molecule has 0 atom stereocenters. The van der Waals surface area contributed by atoms with Crippen molar-refractivity contribution in [3.63, 3.8) is 0 Å². The third-order valence-corrected chi connectivity index (χ3v) is 2.32. The van der Waals surface area contributed by atoms with Crippen LogP contribution in [-0.2, 0) is 0 Å². The zero-order valence-electron chi connectivity index (χ0n) is 9.16. The Hall–Kier alpha value is -2.88. The van der Waals surface area contributed by atoms with Crippen molar-refractivity contribution >= 4 is 28.1 Å². The van der Waals surface area contributed by atoms with Crippen LogP contribution in [0.25, 0.3) is 10.9 Å². The van der Waals surface area contributed by atoms with E-state index in [1.807, 2.05) is 0 Å². The molecule has 1 heterocycles. The minimum Gasteiger partial charge on any atom is -0.382 e. The van der Waals surface area contributed by atoms with Crippen LogP contribution in [-0.4, -0.2) is 16.5 Å². The summed E-state index contributed by atoms with van der Waals surface area (Å²) in [6.07, 6.45) is 1.60. The van der Waals surface area contributed by atoms with E-state index < -0.39 is 5.84 Å². The maximum absolute atomic E-state index is 13.4. The monoisotopic (exact) mass is 244 g/mol. The van der Waals surface area contributed by atoms with Crippen molar-refractivity contribution < 1.29 is 4.39 Å². The van der Waals surface area contributed by atoms with Crippen molar-refractivity contribution in [3.8, 4) is 6.07 Å². The molecule has 0 aliphatic rings. The van der Waals surface area contributed by atoms with Gasteiger partial charge < -0.3 is 10.7 Å². The molecular formula is C11H9FN6. The molecule has 18 heavy (non-hydrogen) atoms. The molecule has 0 unspecified atom stereocenters. The number of hydrogen-bond donors (Lipinski definition) is 4. The number of nitrogens with two attached hydrogens (primary N) is 1. The summed E-state index contributed by atoms with van der Waals surface area (Å²) in [6.45, 7) is 0.